The van der Waals surface area contributed by atoms with Crippen LogP contribution < -0.4 is 0 Å². The molecule has 0 radical (unpaired) electrons. The van der Waals surface area contributed by atoms with Crippen LogP contribution in [0.3, 0.4) is 0 Å². The zero-order valence-electron chi connectivity index (χ0n) is 13.4. The van der Waals surface area contributed by atoms with Gasteiger partial charge in [0.2, 0.25) is 11.1 Å². The van der Waals surface area contributed by atoms with E-state index in [2.05, 4.69) is 34.2 Å². The number of nitrogens with one attached hydrogen (secondary N) is 1. The van der Waals surface area contributed by atoms with Gasteiger partial charge in [-0.25, -0.2) is 4.98 Å². The van der Waals surface area contributed by atoms with E-state index in [1.165, 1.54) is 6.42 Å². The van der Waals surface area contributed by atoms with E-state index in [1.54, 1.807) is 11.8 Å². The van der Waals surface area contributed by atoms with Gasteiger partial charge >= 0.3 is 0 Å². The van der Waals surface area contributed by atoms with E-state index in [9.17, 15) is 4.79 Å². The van der Waals surface area contributed by atoms with Crippen molar-refractivity contribution in [3.63, 3.8) is 0 Å². The van der Waals surface area contributed by atoms with Crippen molar-refractivity contribution < 1.29 is 4.79 Å². The summed E-state index contributed by atoms with van der Waals surface area (Å²) < 4.78 is 0. The molecule has 0 spiro atoms. The first kappa shape index (κ1) is 16.1. The number of benzene rings is 1. The first-order chi connectivity index (χ1) is 11.3. The molecule has 0 unspecified atom stereocenters. The van der Waals surface area contributed by atoms with Gasteiger partial charge in [-0.05, 0) is 18.4 Å². The van der Waals surface area contributed by atoms with E-state index >= 15 is 0 Å². The highest BCUT2D eigenvalue weighted by atomic mass is 32.2. The fourth-order valence-corrected chi connectivity index (χ4v) is 3.66. The molecule has 1 N–H and O–H groups in total. The number of hydrogen-bond acceptors (Lipinski definition) is 4. The van der Waals surface area contributed by atoms with Crippen molar-refractivity contribution in [1.29, 1.82) is 0 Å². The molecule has 1 aliphatic heterocycles. The maximum Gasteiger partial charge on any atom is 0.223 e. The highest BCUT2D eigenvalue weighted by molar-refractivity contribution is 7.99. The number of hydrogen-bond donors (Lipinski definition) is 1. The third kappa shape index (κ3) is 3.93. The number of amides is 1. The Morgan fingerprint density at radius 2 is 2.17 bits per heavy atom. The largest absolute Gasteiger partial charge is 0.328 e. The second kappa shape index (κ2) is 7.64. The molecule has 1 atom stereocenters. The van der Waals surface area contributed by atoms with E-state index in [0.29, 0.717) is 13.0 Å². The first-order valence-corrected chi connectivity index (χ1v) is 9.15. The second-order valence-corrected chi connectivity index (χ2v) is 6.83. The van der Waals surface area contributed by atoms with Gasteiger partial charge in [0, 0.05) is 18.7 Å². The van der Waals surface area contributed by atoms with E-state index in [4.69, 9.17) is 0 Å². The SMILES string of the molecule is CCCCSc1n[nH]c([C@H]2CCC(=O)N2Cc2ccccc2)n1. The number of aromatic nitrogens is 3. The number of carbonyl (C=O) groups excluding carboxylic acids is 1. The zero-order valence-corrected chi connectivity index (χ0v) is 14.2. The van der Waals surface area contributed by atoms with Crippen molar-refractivity contribution in [2.45, 2.75) is 50.4 Å². The van der Waals surface area contributed by atoms with Crippen LogP contribution in [0, 0.1) is 0 Å². The lowest BCUT2D eigenvalue weighted by Crippen LogP contribution is -2.27. The summed E-state index contributed by atoms with van der Waals surface area (Å²) in [5.41, 5.74) is 1.14. The molecule has 3 rings (SSSR count). The average molecular weight is 330 g/mol. The van der Waals surface area contributed by atoms with Crippen LogP contribution in [0.25, 0.3) is 0 Å². The molecule has 1 aliphatic rings. The number of thioether (sulfide) groups is 1. The normalized spacial score (nSPS) is 17.9. The Hall–Kier alpha value is -1.82. The van der Waals surface area contributed by atoms with Crippen molar-refractivity contribution in [3.8, 4) is 0 Å². The monoisotopic (exact) mass is 330 g/mol. The van der Waals surface area contributed by atoms with Crippen molar-refractivity contribution in [3.05, 3.63) is 41.7 Å². The van der Waals surface area contributed by atoms with Crippen LogP contribution in [0.4, 0.5) is 0 Å². The lowest BCUT2D eigenvalue weighted by molar-refractivity contribution is -0.129. The van der Waals surface area contributed by atoms with Crippen molar-refractivity contribution in [2.24, 2.45) is 0 Å². The predicted molar refractivity (Wildman–Crippen MR) is 91.0 cm³/mol. The van der Waals surface area contributed by atoms with E-state index in [1.807, 2.05) is 23.1 Å². The molecule has 1 fully saturated rings. The summed E-state index contributed by atoms with van der Waals surface area (Å²) in [6.45, 7) is 2.80. The molecule has 0 aliphatic carbocycles. The molecule has 1 aromatic carbocycles. The minimum atomic E-state index is 0.00994. The Morgan fingerprint density at radius 1 is 1.35 bits per heavy atom. The molecule has 2 aromatic rings. The summed E-state index contributed by atoms with van der Waals surface area (Å²) >= 11 is 1.67. The topological polar surface area (TPSA) is 61.9 Å². The first-order valence-electron chi connectivity index (χ1n) is 8.16. The van der Waals surface area contributed by atoms with Gasteiger partial charge in [-0.3, -0.25) is 9.89 Å². The summed E-state index contributed by atoms with van der Waals surface area (Å²) in [5, 5.41) is 8.11. The summed E-state index contributed by atoms with van der Waals surface area (Å²) in [6.07, 6.45) is 3.72. The summed E-state index contributed by atoms with van der Waals surface area (Å²) in [5.74, 6) is 2.03. The lowest BCUT2D eigenvalue weighted by atomic mass is 10.2. The van der Waals surface area contributed by atoms with Crippen LogP contribution in [-0.4, -0.2) is 31.7 Å². The smallest absolute Gasteiger partial charge is 0.223 e. The lowest BCUT2D eigenvalue weighted by Gasteiger charge is -2.23. The van der Waals surface area contributed by atoms with Crippen molar-refractivity contribution >= 4 is 17.7 Å². The molecular weight excluding hydrogens is 308 g/mol. The molecule has 2 heterocycles. The Balaban J connectivity index is 1.69. The Kier molecular flexibility index (Phi) is 5.33. The number of rotatable bonds is 7. The maximum atomic E-state index is 12.2. The second-order valence-electron chi connectivity index (χ2n) is 5.77. The van der Waals surface area contributed by atoms with Gasteiger partial charge < -0.3 is 4.90 Å². The summed E-state index contributed by atoms with van der Waals surface area (Å²) in [6, 6.07) is 10.1. The van der Waals surface area contributed by atoms with Gasteiger partial charge in [-0.2, -0.15) is 0 Å². The Labute approximate surface area is 140 Å². The van der Waals surface area contributed by atoms with Crippen LogP contribution in [0.1, 0.15) is 50.0 Å². The standard InChI is InChI=1S/C17H22N4OS/c1-2-3-11-23-17-18-16(19-20-17)14-9-10-15(22)21(14)12-13-7-5-4-6-8-13/h4-8,14H,2-3,9-12H2,1H3,(H,18,19,20)/t14-/m1/s1. The number of nitrogens with zero attached hydrogens (tertiary/aromatic N) is 3. The summed E-state index contributed by atoms with van der Waals surface area (Å²) in [7, 11) is 0. The molecular formula is C17H22N4OS. The van der Waals surface area contributed by atoms with E-state index < -0.39 is 0 Å². The number of likely N-dealkylation sites (tertiary alicyclic amines) is 1. The fraction of sp³-hybridized carbons (Fsp3) is 0.471. The third-order valence-electron chi connectivity index (χ3n) is 4.05. The fourth-order valence-electron chi connectivity index (χ4n) is 2.78. The molecule has 122 valence electrons. The van der Waals surface area contributed by atoms with E-state index in [0.717, 1.165) is 35.1 Å². The molecule has 6 heteroatoms. The Bertz CT molecular complexity index is 643. The predicted octanol–water partition coefficient (Wildman–Crippen LogP) is 3.56. The molecule has 1 saturated heterocycles. The minimum Gasteiger partial charge on any atom is -0.328 e. The molecule has 1 amide bonds. The highest BCUT2D eigenvalue weighted by Crippen LogP contribution is 2.32. The van der Waals surface area contributed by atoms with Crippen LogP contribution in [0.15, 0.2) is 35.5 Å². The summed E-state index contributed by atoms with van der Waals surface area (Å²) in [4.78, 5) is 18.7. The maximum absolute atomic E-state index is 12.2. The molecule has 23 heavy (non-hydrogen) atoms. The Morgan fingerprint density at radius 3 is 2.96 bits per heavy atom. The number of unbranched alkanes of at least 4 members (excludes halogenated alkanes) is 1. The number of aromatic amines is 1. The molecule has 0 bridgehead atoms. The molecule has 0 saturated carbocycles. The molecule has 5 nitrogen and oxygen atoms in total. The van der Waals surface area contributed by atoms with Gasteiger partial charge in [0.25, 0.3) is 0 Å². The van der Waals surface area contributed by atoms with Crippen molar-refractivity contribution in [1.82, 2.24) is 20.1 Å². The average Bonchev–Trinajstić information content (AvgIpc) is 3.17. The van der Waals surface area contributed by atoms with Gasteiger partial charge in [-0.15, -0.1) is 5.10 Å². The molecule has 1 aromatic heterocycles. The van der Waals surface area contributed by atoms with Crippen LogP contribution in [-0.2, 0) is 11.3 Å². The van der Waals surface area contributed by atoms with Crippen LogP contribution >= 0.6 is 11.8 Å². The van der Waals surface area contributed by atoms with Crippen LogP contribution in [0.5, 0.6) is 0 Å². The van der Waals surface area contributed by atoms with Crippen LogP contribution in [0.2, 0.25) is 0 Å². The zero-order chi connectivity index (χ0) is 16.1. The van der Waals surface area contributed by atoms with Gasteiger partial charge in [-0.1, -0.05) is 55.4 Å². The van der Waals surface area contributed by atoms with Gasteiger partial charge in [0.1, 0.15) is 5.82 Å². The number of H-pyrrole nitrogens is 1. The quantitative estimate of drug-likeness (QED) is 0.623. The van der Waals surface area contributed by atoms with Crippen molar-refractivity contribution in [2.75, 3.05) is 5.75 Å². The number of carbonyl (C=O) groups is 1. The van der Waals surface area contributed by atoms with E-state index in [-0.39, 0.29) is 11.9 Å². The minimum absolute atomic E-state index is 0.00994. The van der Waals surface area contributed by atoms with Gasteiger partial charge in [0.15, 0.2) is 0 Å². The van der Waals surface area contributed by atoms with Gasteiger partial charge in [0.05, 0.1) is 6.04 Å². The highest BCUT2D eigenvalue weighted by Gasteiger charge is 2.34. The third-order valence-corrected chi connectivity index (χ3v) is 4.98.